The molecule has 0 aromatic rings. The van der Waals surface area contributed by atoms with E-state index in [2.05, 4.69) is 18.6 Å². The zero-order valence-electron chi connectivity index (χ0n) is 7.96. The van der Waals surface area contributed by atoms with Crippen molar-refractivity contribution in [3.8, 4) is 0 Å². The standard InChI is InChI=1S/C10H19NS/c1-3-4-5-6-7-9-12-10-8-11-2/h8,10H,2-7,9H2,1H3/b10-8-. The van der Waals surface area contributed by atoms with E-state index in [1.807, 2.05) is 17.2 Å². The first-order valence-electron chi connectivity index (χ1n) is 4.64. The normalized spacial score (nSPS) is 10.8. The summed E-state index contributed by atoms with van der Waals surface area (Å²) < 4.78 is 0. The molecule has 0 saturated carbocycles. The molecule has 2 heteroatoms. The number of aliphatic imine (C=N–C) groups is 1. The van der Waals surface area contributed by atoms with E-state index in [1.165, 1.54) is 37.9 Å². The van der Waals surface area contributed by atoms with Gasteiger partial charge in [-0.2, -0.15) is 0 Å². The zero-order chi connectivity index (χ0) is 9.07. The summed E-state index contributed by atoms with van der Waals surface area (Å²) >= 11 is 1.82. The molecule has 0 N–H and O–H groups in total. The van der Waals surface area contributed by atoms with E-state index in [0.29, 0.717) is 0 Å². The van der Waals surface area contributed by atoms with Gasteiger partial charge < -0.3 is 0 Å². The maximum absolute atomic E-state index is 3.63. The summed E-state index contributed by atoms with van der Waals surface area (Å²) in [5.74, 6) is 1.22. The van der Waals surface area contributed by atoms with E-state index in [1.54, 1.807) is 6.20 Å². The van der Waals surface area contributed by atoms with Crippen molar-refractivity contribution in [2.45, 2.75) is 39.0 Å². The van der Waals surface area contributed by atoms with Crippen LogP contribution in [-0.4, -0.2) is 12.5 Å². The van der Waals surface area contributed by atoms with Crippen LogP contribution in [-0.2, 0) is 0 Å². The highest BCUT2D eigenvalue weighted by atomic mass is 32.2. The average Bonchev–Trinajstić information content (AvgIpc) is 2.10. The van der Waals surface area contributed by atoms with E-state index in [0.717, 1.165) is 0 Å². The van der Waals surface area contributed by atoms with E-state index in [4.69, 9.17) is 0 Å². The van der Waals surface area contributed by atoms with Crippen molar-refractivity contribution in [1.82, 2.24) is 0 Å². The second kappa shape index (κ2) is 10.8. The molecule has 0 aromatic heterocycles. The van der Waals surface area contributed by atoms with Crippen LogP contribution in [0.3, 0.4) is 0 Å². The Labute approximate surface area is 80.4 Å². The number of thioether (sulfide) groups is 1. The van der Waals surface area contributed by atoms with Gasteiger partial charge in [-0.25, -0.2) is 0 Å². The minimum atomic E-state index is 1.22. The lowest BCUT2D eigenvalue weighted by Gasteiger charge is -1.96. The minimum absolute atomic E-state index is 1.22. The highest BCUT2D eigenvalue weighted by Crippen LogP contribution is 2.09. The number of nitrogens with zero attached hydrogens (tertiary/aromatic N) is 1. The maximum Gasteiger partial charge on any atom is 0.0323 e. The van der Waals surface area contributed by atoms with Gasteiger partial charge in [-0.3, -0.25) is 4.99 Å². The number of hydrogen-bond acceptors (Lipinski definition) is 2. The third-order valence-corrected chi connectivity index (χ3v) is 2.47. The quantitative estimate of drug-likeness (QED) is 0.413. The lowest BCUT2D eigenvalue weighted by molar-refractivity contribution is 0.659. The summed E-state index contributed by atoms with van der Waals surface area (Å²) in [4.78, 5) is 3.63. The van der Waals surface area contributed by atoms with Crippen LogP contribution >= 0.6 is 11.8 Å². The number of hydrogen-bond donors (Lipinski definition) is 0. The molecule has 70 valence electrons. The van der Waals surface area contributed by atoms with Crippen LogP contribution in [0.4, 0.5) is 0 Å². The molecule has 0 rings (SSSR count). The Balaban J connectivity index is 2.90. The second-order valence-corrected chi connectivity index (χ2v) is 3.77. The highest BCUT2D eigenvalue weighted by Gasteiger charge is 1.87. The SMILES string of the molecule is C=N/C=C\SCCCCCCC. The Morgan fingerprint density at radius 2 is 2.00 bits per heavy atom. The first-order chi connectivity index (χ1) is 5.91. The van der Waals surface area contributed by atoms with Crippen LogP contribution in [0.5, 0.6) is 0 Å². The molecule has 1 nitrogen and oxygen atoms in total. The van der Waals surface area contributed by atoms with Crippen molar-refractivity contribution in [3.05, 3.63) is 11.6 Å². The highest BCUT2D eigenvalue weighted by molar-refractivity contribution is 8.02. The van der Waals surface area contributed by atoms with Crippen molar-refractivity contribution in [2.24, 2.45) is 4.99 Å². The Kier molecular flexibility index (Phi) is 10.5. The van der Waals surface area contributed by atoms with Gasteiger partial charge in [0.25, 0.3) is 0 Å². The summed E-state index contributed by atoms with van der Waals surface area (Å²) in [5.41, 5.74) is 0. The Bertz CT molecular complexity index is 121. The monoisotopic (exact) mass is 185 g/mol. The molecule has 0 aliphatic rings. The fourth-order valence-electron chi connectivity index (χ4n) is 0.943. The Morgan fingerprint density at radius 1 is 1.25 bits per heavy atom. The average molecular weight is 185 g/mol. The van der Waals surface area contributed by atoms with E-state index < -0.39 is 0 Å². The Hall–Kier alpha value is -0.240. The molecular formula is C10H19NS. The number of unbranched alkanes of at least 4 members (excludes halogenated alkanes) is 4. The Morgan fingerprint density at radius 3 is 2.67 bits per heavy atom. The lowest BCUT2D eigenvalue weighted by atomic mass is 10.2. The van der Waals surface area contributed by atoms with Gasteiger partial charge in [0, 0.05) is 6.20 Å². The fraction of sp³-hybridized carbons (Fsp3) is 0.700. The molecule has 0 spiro atoms. The second-order valence-electron chi connectivity index (χ2n) is 2.75. The van der Waals surface area contributed by atoms with Crippen LogP contribution in [0.25, 0.3) is 0 Å². The van der Waals surface area contributed by atoms with Gasteiger partial charge in [-0.05, 0) is 24.3 Å². The third kappa shape index (κ3) is 9.76. The van der Waals surface area contributed by atoms with Crippen LogP contribution in [0.15, 0.2) is 16.6 Å². The molecule has 0 heterocycles. The predicted octanol–water partition coefficient (Wildman–Crippen LogP) is 3.86. The first kappa shape index (κ1) is 11.8. The third-order valence-electron chi connectivity index (χ3n) is 1.63. The molecule has 0 atom stereocenters. The fourth-order valence-corrected chi connectivity index (χ4v) is 1.62. The molecule has 0 saturated heterocycles. The molecule has 0 unspecified atom stereocenters. The van der Waals surface area contributed by atoms with Gasteiger partial charge in [0.2, 0.25) is 0 Å². The summed E-state index contributed by atoms with van der Waals surface area (Å²) in [6.07, 6.45) is 8.54. The van der Waals surface area contributed by atoms with Crippen LogP contribution in [0, 0.1) is 0 Å². The van der Waals surface area contributed by atoms with Gasteiger partial charge in [0.05, 0.1) is 0 Å². The molecule has 0 aliphatic carbocycles. The summed E-state index contributed by atoms with van der Waals surface area (Å²) in [7, 11) is 0. The zero-order valence-corrected chi connectivity index (χ0v) is 8.78. The van der Waals surface area contributed by atoms with Crippen molar-refractivity contribution < 1.29 is 0 Å². The smallest absolute Gasteiger partial charge is 0.0323 e. The van der Waals surface area contributed by atoms with Crippen molar-refractivity contribution in [3.63, 3.8) is 0 Å². The summed E-state index contributed by atoms with van der Waals surface area (Å²) in [5, 5.41) is 2.01. The topological polar surface area (TPSA) is 12.4 Å². The summed E-state index contributed by atoms with van der Waals surface area (Å²) in [6, 6.07) is 0. The molecule has 0 aliphatic heterocycles. The minimum Gasteiger partial charge on any atom is -0.272 e. The van der Waals surface area contributed by atoms with Crippen molar-refractivity contribution in [1.29, 1.82) is 0 Å². The van der Waals surface area contributed by atoms with Crippen LogP contribution < -0.4 is 0 Å². The number of rotatable bonds is 8. The van der Waals surface area contributed by atoms with Gasteiger partial charge in [0.1, 0.15) is 0 Å². The van der Waals surface area contributed by atoms with E-state index in [-0.39, 0.29) is 0 Å². The largest absolute Gasteiger partial charge is 0.272 e. The molecule has 0 amide bonds. The lowest BCUT2D eigenvalue weighted by Crippen LogP contribution is -1.79. The summed E-state index contributed by atoms with van der Waals surface area (Å²) in [6.45, 7) is 5.61. The first-order valence-corrected chi connectivity index (χ1v) is 5.69. The molecule has 0 fully saturated rings. The van der Waals surface area contributed by atoms with Gasteiger partial charge in [-0.15, -0.1) is 11.8 Å². The maximum atomic E-state index is 3.63. The molecule has 12 heavy (non-hydrogen) atoms. The predicted molar refractivity (Wildman–Crippen MR) is 59.9 cm³/mol. The molecule has 0 radical (unpaired) electrons. The molecule has 0 bridgehead atoms. The van der Waals surface area contributed by atoms with Gasteiger partial charge in [-0.1, -0.05) is 32.6 Å². The molecule has 0 aromatic carbocycles. The van der Waals surface area contributed by atoms with E-state index in [9.17, 15) is 0 Å². The van der Waals surface area contributed by atoms with Gasteiger partial charge in [0.15, 0.2) is 0 Å². The van der Waals surface area contributed by atoms with Gasteiger partial charge >= 0.3 is 0 Å². The van der Waals surface area contributed by atoms with Crippen LogP contribution in [0.2, 0.25) is 0 Å². The van der Waals surface area contributed by atoms with E-state index >= 15 is 0 Å². The van der Waals surface area contributed by atoms with Crippen molar-refractivity contribution in [2.75, 3.05) is 5.75 Å². The van der Waals surface area contributed by atoms with Crippen molar-refractivity contribution >= 4 is 18.5 Å². The molecular weight excluding hydrogens is 166 g/mol. The van der Waals surface area contributed by atoms with Crippen LogP contribution in [0.1, 0.15) is 39.0 Å².